The summed E-state index contributed by atoms with van der Waals surface area (Å²) in [5, 5.41) is 297. The van der Waals surface area contributed by atoms with Crippen LogP contribution in [0.5, 0.6) is 0 Å². The van der Waals surface area contributed by atoms with Gasteiger partial charge >= 0.3 is 5.97 Å². The average molecular weight is 1710 g/mol. The number of nitrogens with one attached hydrogen (secondary N) is 4. The molecule has 9 heterocycles. The summed E-state index contributed by atoms with van der Waals surface area (Å²) in [5.41, 5.74) is 0. The molecule has 0 saturated carbocycles. The molecule has 0 unspecified atom stereocenters. The molecule has 9 aliphatic heterocycles. The maximum absolute atomic E-state index is 13.1. The van der Waals surface area contributed by atoms with Crippen LogP contribution >= 0.6 is 0 Å². The molecule has 30 N–H and O–H groups in total. The second-order valence-corrected chi connectivity index (χ2v) is 29.7. The Balaban J connectivity index is 0.960. The third-order valence-corrected chi connectivity index (χ3v) is 21.3. The molecule has 0 aromatic carbocycles. The molecule has 9 fully saturated rings. The first-order valence-corrected chi connectivity index (χ1v) is 37.1. The van der Waals surface area contributed by atoms with Crippen LogP contribution in [0.25, 0.3) is 0 Å². The van der Waals surface area contributed by atoms with Gasteiger partial charge in [0, 0.05) is 34.1 Å². The molecule has 0 bridgehead atoms. The van der Waals surface area contributed by atoms with E-state index < -0.39 is 371 Å². The fourth-order valence-corrected chi connectivity index (χ4v) is 14.9. The van der Waals surface area contributed by atoms with Crippen LogP contribution in [0.2, 0.25) is 0 Å². The zero-order valence-corrected chi connectivity index (χ0v) is 63.0. The van der Waals surface area contributed by atoms with E-state index >= 15 is 0 Å². The van der Waals surface area contributed by atoms with E-state index in [2.05, 4.69) is 21.3 Å². The van der Waals surface area contributed by atoms with Crippen molar-refractivity contribution in [2.75, 3.05) is 52.9 Å². The van der Waals surface area contributed by atoms with E-state index in [4.69, 9.17) is 80.5 Å². The first-order valence-electron chi connectivity index (χ1n) is 37.1. The van der Waals surface area contributed by atoms with Crippen LogP contribution in [-0.2, 0) is 104 Å². The van der Waals surface area contributed by atoms with E-state index in [-0.39, 0.29) is 0 Å². The van der Waals surface area contributed by atoms with Crippen molar-refractivity contribution in [3.63, 3.8) is 0 Å². The van der Waals surface area contributed by atoms with Gasteiger partial charge in [-0.25, -0.2) is 4.79 Å². The Bertz CT molecular complexity index is 3190. The van der Waals surface area contributed by atoms with Crippen LogP contribution in [0.15, 0.2) is 0 Å². The summed E-state index contributed by atoms with van der Waals surface area (Å²) in [6.45, 7) is -3.79. The Hall–Kier alpha value is -4.33. The lowest BCUT2D eigenvalue weighted by Gasteiger charge is -2.50. The number of carbonyl (C=O) groups is 5. The number of aliphatic carboxylic acids is 1. The number of carboxylic acid groups (broad SMARTS) is 1. The molecule has 0 radical (unpaired) electrons. The van der Waals surface area contributed by atoms with Crippen LogP contribution < -0.4 is 21.3 Å². The molecule has 9 saturated heterocycles. The SMILES string of the molecule is CC(=O)N[C@@H]1[C@@H](O)[C@H](O[C@@H]2O[C@H](CO)[C@@H](O[C@@H]3O[C@H](CO[C@H]4O[C@H](CO)[C@@H](O)[C@H](O)[C@@H]4O[C@@H]4O[C@H](CO)[C@@H](O[C@@H]5O[C@H](CO[C@]6(C(=O)O)C[C@H](O)[C@@H](NC(C)=O)[C@H]([C@H](O)[C@H](O)CO)O6)[C@H](O)[C@H](O)[C@H]5O)[C@H](O)[C@H]4NC(C)=O)[C@@H](O)[C@H](O[C@H]4O[C@H](CO)[C@@H](O)[C@H](O)[C@@H]4O)[C@@H]3O)[C@H](O)[C@H]2NC(C)=O)[C@@H](CO[C@H]2O[C@H](C)[C@H](O)[C@H](O)[C@H]2O)O[C@H]1O. The maximum atomic E-state index is 13.1. The molecule has 4 amide bonds. The molecule has 52 heteroatoms. The first kappa shape index (κ1) is 96.5. The van der Waals surface area contributed by atoms with Gasteiger partial charge in [0.1, 0.15) is 207 Å². The van der Waals surface area contributed by atoms with Crippen molar-refractivity contribution in [3.05, 3.63) is 0 Å². The summed E-state index contributed by atoms with van der Waals surface area (Å²) in [7, 11) is 0. The molecular formula is C65H108N4O48. The molecule has 0 aliphatic carbocycles. The van der Waals surface area contributed by atoms with Crippen molar-refractivity contribution in [1.82, 2.24) is 21.3 Å². The van der Waals surface area contributed by atoms with Gasteiger partial charge in [0.25, 0.3) is 5.79 Å². The number of hydrogen-bond acceptors (Lipinski definition) is 47. The van der Waals surface area contributed by atoms with E-state index in [9.17, 15) is 157 Å². The minimum absolute atomic E-state index is 0.822. The highest BCUT2D eigenvalue weighted by Gasteiger charge is 2.62. The Morgan fingerprint density at radius 1 is 0.368 bits per heavy atom. The minimum atomic E-state index is -3.06. The van der Waals surface area contributed by atoms with Gasteiger partial charge in [-0.1, -0.05) is 0 Å². The van der Waals surface area contributed by atoms with Crippen molar-refractivity contribution >= 4 is 29.6 Å². The highest BCUT2D eigenvalue weighted by molar-refractivity contribution is 5.77. The van der Waals surface area contributed by atoms with E-state index in [0.717, 1.165) is 27.7 Å². The third kappa shape index (κ3) is 21.5. The number of amides is 4. The Morgan fingerprint density at radius 3 is 1.24 bits per heavy atom. The second kappa shape index (κ2) is 41.4. The topological polar surface area (TPSA) is 816 Å². The minimum Gasteiger partial charge on any atom is -0.477 e. The van der Waals surface area contributed by atoms with Crippen molar-refractivity contribution in [2.45, 2.75) is 323 Å². The van der Waals surface area contributed by atoms with Crippen molar-refractivity contribution in [3.8, 4) is 0 Å². The predicted octanol–water partition coefficient (Wildman–Crippen LogP) is -19.8. The molecule has 0 aromatic rings. The summed E-state index contributed by atoms with van der Waals surface area (Å²) in [6.07, 6.45) is -86.2. The standard InChI is InChI=1S/C65H108N4O48/c1-15-33(81)42(90)46(94)59(104-15)101-13-28-52(39(87)30(56(98)105-28)67-17(3)76)112-57-31(68-18(4)77)40(88)51(25(11-74)108-57)114-62-49(97)54(115-60-47(95)43(91)35(83)22(8-71)106-60)38(86)26(110-62)12-102-63-55(45(93)36(84)23(9-72)107-63)116-58-32(69-19(5)78)41(89)50(24(10-73)109-58)113-61-48(96)44(92)37(85)27(111-61)14-103-65(64(99)100)6-20(79)29(66-16(2)75)53(117-65)34(82)21(80)7-70/h15,20-63,70-74,79-98H,6-14H2,1-5H3,(H,66,75)(H,67,76)(H,68,77)(H,69,78)(H,99,100)/t15-,20+,21-,22-,23-,24-,25-,26-,27-,28-,29-,30-,31-,32-,33+,34-,35-,36-,37+,38-,39-,40-,41-,42+,43+,44+,45+,46-,47+,48-,49+,50-,51-,52-,53-,54+,55+,56-,57+,58+,59+,60-,61+,62+,63+,65-/m1/s1. The zero-order valence-electron chi connectivity index (χ0n) is 63.0. The smallest absolute Gasteiger partial charge is 0.364 e. The largest absolute Gasteiger partial charge is 0.477 e. The van der Waals surface area contributed by atoms with Gasteiger partial charge in [-0.05, 0) is 6.92 Å². The van der Waals surface area contributed by atoms with Crippen molar-refractivity contribution in [1.29, 1.82) is 0 Å². The van der Waals surface area contributed by atoms with Crippen LogP contribution in [0.1, 0.15) is 41.0 Å². The molecule has 46 atom stereocenters. The highest BCUT2D eigenvalue weighted by atomic mass is 16.8. The van der Waals surface area contributed by atoms with Gasteiger partial charge in [-0.2, -0.15) is 0 Å². The third-order valence-electron chi connectivity index (χ3n) is 21.3. The summed E-state index contributed by atoms with van der Waals surface area (Å²) >= 11 is 0. The number of rotatable bonds is 31. The number of carboxylic acids is 1. The predicted molar refractivity (Wildman–Crippen MR) is 359 cm³/mol. The maximum Gasteiger partial charge on any atom is 0.364 e. The normalized spacial score (nSPS) is 47.9. The Kier molecular flexibility index (Phi) is 34.2. The molecule has 9 aliphatic rings. The molecule has 676 valence electrons. The van der Waals surface area contributed by atoms with Crippen LogP contribution in [0.4, 0.5) is 0 Å². The van der Waals surface area contributed by atoms with Crippen LogP contribution in [0.3, 0.4) is 0 Å². The monoisotopic (exact) mass is 1710 g/mol. The average Bonchev–Trinajstić information content (AvgIpc) is 0.770. The number of ether oxygens (including phenoxy) is 17. The van der Waals surface area contributed by atoms with E-state index in [1.807, 2.05) is 0 Å². The van der Waals surface area contributed by atoms with Crippen molar-refractivity contribution in [2.24, 2.45) is 0 Å². The number of hydrogen-bond donors (Lipinski definition) is 30. The summed E-state index contributed by atoms with van der Waals surface area (Å²) in [5.74, 6) is -8.70. The van der Waals surface area contributed by atoms with E-state index in [1.165, 1.54) is 6.92 Å². The van der Waals surface area contributed by atoms with Gasteiger partial charge in [0.15, 0.2) is 50.3 Å². The number of aliphatic hydroxyl groups excluding tert-OH is 25. The van der Waals surface area contributed by atoms with Crippen molar-refractivity contribution < 1.29 is 237 Å². The number of aliphatic hydroxyl groups is 25. The fourth-order valence-electron chi connectivity index (χ4n) is 14.9. The molecule has 52 nitrogen and oxygen atoms in total. The summed E-state index contributed by atoms with van der Waals surface area (Å²) in [6, 6.07) is -7.34. The van der Waals surface area contributed by atoms with E-state index in [1.54, 1.807) is 0 Å². The zero-order chi connectivity index (χ0) is 86.6. The van der Waals surface area contributed by atoms with Gasteiger partial charge in [0.2, 0.25) is 23.6 Å². The number of carbonyl (C=O) groups excluding carboxylic acids is 4. The lowest BCUT2D eigenvalue weighted by Crippen LogP contribution is -2.70. The Morgan fingerprint density at radius 2 is 0.744 bits per heavy atom. The molecule has 0 aromatic heterocycles. The second-order valence-electron chi connectivity index (χ2n) is 29.7. The van der Waals surface area contributed by atoms with Gasteiger partial charge in [0.05, 0.1) is 71.1 Å². The molecular weight excluding hydrogens is 1600 g/mol. The van der Waals surface area contributed by atoms with Gasteiger partial charge in [-0.15, -0.1) is 0 Å². The molecule has 117 heavy (non-hydrogen) atoms. The first-order chi connectivity index (χ1) is 55.1. The molecule has 0 spiro atoms. The molecule has 9 rings (SSSR count). The van der Waals surface area contributed by atoms with Crippen LogP contribution in [0, 0.1) is 0 Å². The summed E-state index contributed by atoms with van der Waals surface area (Å²) in [4.78, 5) is 63.5. The lowest BCUT2D eigenvalue weighted by molar-refractivity contribution is -0.389. The van der Waals surface area contributed by atoms with E-state index in [0.29, 0.717) is 0 Å². The fraction of sp³-hybridized carbons (Fsp3) is 0.923. The van der Waals surface area contributed by atoms with Crippen LogP contribution in [-0.4, -0.2) is 497 Å². The summed E-state index contributed by atoms with van der Waals surface area (Å²) < 4.78 is 99.6. The highest BCUT2D eigenvalue weighted by Crippen LogP contribution is 2.40. The Labute approximate surface area is 662 Å². The quantitative estimate of drug-likeness (QED) is 0.0306. The van der Waals surface area contributed by atoms with Gasteiger partial charge < -0.3 is 235 Å². The van der Waals surface area contributed by atoms with Gasteiger partial charge in [-0.3, -0.25) is 19.2 Å². The lowest BCUT2D eigenvalue weighted by atomic mass is 9.88.